The Hall–Kier alpha value is -1.09. The van der Waals surface area contributed by atoms with Crippen molar-refractivity contribution in [2.24, 2.45) is 17.2 Å². The van der Waals surface area contributed by atoms with E-state index in [9.17, 15) is 14.4 Å². The average molecular weight is 291 g/mol. The van der Waals surface area contributed by atoms with Crippen molar-refractivity contribution in [3.8, 4) is 0 Å². The van der Waals surface area contributed by atoms with Crippen LogP contribution in [0, 0.1) is 0 Å². The summed E-state index contributed by atoms with van der Waals surface area (Å²) in [7, 11) is 0. The molecule has 92 valence electrons. The van der Waals surface area contributed by atoms with Crippen molar-refractivity contribution in [2.75, 3.05) is 19.6 Å². The molecule has 0 heterocycles. The van der Waals surface area contributed by atoms with Crippen LogP contribution >= 0.6 is 0 Å². The molecule has 0 aromatic rings. The number of hydrogen-bond acceptors (Lipinski definition) is 6. The Morgan fingerprint density at radius 3 is 0.750 bits per heavy atom. The maximum absolute atomic E-state index is 9.24. The topological polar surface area (TPSA) is 190 Å². The third-order valence-electron chi connectivity index (χ3n) is 0.524. The molecule has 16 heavy (non-hydrogen) atoms. The minimum absolute atomic E-state index is 0. The summed E-state index contributed by atoms with van der Waals surface area (Å²) in [4.78, 5) is 27.7. The van der Waals surface area contributed by atoms with Crippen LogP contribution in [0.3, 0.4) is 0 Å². The second-order valence-corrected chi connectivity index (χ2v) is 1.79. The van der Waals surface area contributed by atoms with Crippen LogP contribution in [0.1, 0.15) is 0 Å². The summed E-state index contributed by atoms with van der Waals surface area (Å²) in [6.07, 6.45) is 0. The molecule has 0 aromatic carbocycles. The summed E-state index contributed by atoms with van der Waals surface area (Å²) in [5.41, 5.74) is 13.7. The third-order valence-corrected chi connectivity index (χ3v) is 0.524. The molecule has 9 nitrogen and oxygen atoms in total. The quantitative estimate of drug-likeness (QED) is 0.296. The van der Waals surface area contributed by atoms with Crippen molar-refractivity contribution in [1.82, 2.24) is 0 Å². The van der Waals surface area contributed by atoms with Crippen LogP contribution in [0.5, 0.6) is 0 Å². The molecule has 0 rings (SSSR count). The molecule has 0 radical (unpaired) electrons. The van der Waals surface area contributed by atoms with Gasteiger partial charge in [0.05, 0.1) is 19.6 Å². The second-order valence-electron chi connectivity index (χ2n) is 1.79. The van der Waals surface area contributed by atoms with E-state index < -0.39 is 17.9 Å². The molecule has 10 heteroatoms. The van der Waals surface area contributed by atoms with Gasteiger partial charge >= 0.3 is 17.9 Å². The van der Waals surface area contributed by atoms with E-state index in [0.29, 0.717) is 0 Å². The van der Waals surface area contributed by atoms with Gasteiger partial charge < -0.3 is 32.5 Å². The van der Waals surface area contributed by atoms with E-state index in [0.717, 1.165) is 0 Å². The van der Waals surface area contributed by atoms with Crippen molar-refractivity contribution in [3.63, 3.8) is 0 Å². The van der Waals surface area contributed by atoms with E-state index in [2.05, 4.69) is 17.2 Å². The number of rotatable bonds is 3. The zero-order valence-electron chi connectivity index (χ0n) is 8.63. The Labute approximate surface area is 104 Å². The first kappa shape index (κ1) is 24.2. The Balaban J connectivity index is -0.0000000655. The number of nitrogens with two attached hydrogens (primary N) is 3. The molecule has 0 saturated carbocycles. The van der Waals surface area contributed by atoms with Crippen LogP contribution in [0.15, 0.2) is 0 Å². The van der Waals surface area contributed by atoms with Gasteiger partial charge in [0.15, 0.2) is 0 Å². The maximum atomic E-state index is 9.24. The summed E-state index contributed by atoms with van der Waals surface area (Å²) < 4.78 is 0. The van der Waals surface area contributed by atoms with Crippen LogP contribution in [-0.4, -0.2) is 52.9 Å². The van der Waals surface area contributed by atoms with Crippen LogP contribution in [0.25, 0.3) is 0 Å². The molecule has 0 spiro atoms. The van der Waals surface area contributed by atoms with Gasteiger partial charge in [0.2, 0.25) is 0 Å². The molecule has 0 aliphatic rings. The van der Waals surface area contributed by atoms with Crippen molar-refractivity contribution in [2.45, 2.75) is 0 Å². The van der Waals surface area contributed by atoms with Crippen LogP contribution in [0.4, 0.5) is 0 Å². The summed E-state index contributed by atoms with van der Waals surface area (Å²) in [5.74, 6) is -2.90. The van der Waals surface area contributed by atoms with Crippen LogP contribution in [0.2, 0.25) is 0 Å². The maximum Gasteiger partial charge on any atom is 0.317 e. The van der Waals surface area contributed by atoms with Crippen molar-refractivity contribution in [1.29, 1.82) is 0 Å². The van der Waals surface area contributed by atoms with Crippen molar-refractivity contribution < 1.29 is 49.2 Å². The number of aliphatic carboxylic acids is 3. The van der Waals surface area contributed by atoms with Crippen molar-refractivity contribution in [3.05, 3.63) is 0 Å². The zero-order valence-corrected chi connectivity index (χ0v) is 11.6. The standard InChI is InChI=1S/3C2H5NO2.Zn/c3*3-1-2(4)5;/h3*1,3H2,(H,4,5);. The molecular weight excluding hydrogens is 275 g/mol. The Bertz CT molecular complexity index is 167. The molecule has 0 aromatic heterocycles. The van der Waals surface area contributed by atoms with Gasteiger partial charge in [-0.3, -0.25) is 14.4 Å². The summed E-state index contributed by atoms with van der Waals surface area (Å²) in [5, 5.41) is 22.8. The van der Waals surface area contributed by atoms with Crippen molar-refractivity contribution >= 4 is 17.9 Å². The van der Waals surface area contributed by atoms with E-state index in [4.69, 9.17) is 15.3 Å². The van der Waals surface area contributed by atoms with Gasteiger partial charge in [-0.05, 0) is 0 Å². The van der Waals surface area contributed by atoms with Gasteiger partial charge in [-0.2, -0.15) is 0 Å². The fourth-order valence-electron chi connectivity index (χ4n) is 0. The summed E-state index contributed by atoms with van der Waals surface area (Å²) in [6.45, 7) is -0.833. The molecule has 9 N–H and O–H groups in total. The van der Waals surface area contributed by atoms with Gasteiger partial charge in [0, 0.05) is 19.5 Å². The van der Waals surface area contributed by atoms with E-state index in [1.54, 1.807) is 0 Å². The minimum Gasteiger partial charge on any atom is -0.480 e. The smallest absolute Gasteiger partial charge is 0.317 e. The normalized spacial score (nSPS) is 6.94. The molecular formula is C6H15N3O6Zn. The molecule has 0 aliphatic carbocycles. The van der Waals surface area contributed by atoms with Crippen LogP contribution in [-0.2, 0) is 33.9 Å². The van der Waals surface area contributed by atoms with Gasteiger partial charge in [0.1, 0.15) is 0 Å². The molecule has 0 unspecified atom stereocenters. The van der Waals surface area contributed by atoms with E-state index >= 15 is 0 Å². The third kappa shape index (κ3) is 75.9. The largest absolute Gasteiger partial charge is 0.480 e. The average Bonchev–Trinajstić information content (AvgIpc) is 2.19. The zero-order chi connectivity index (χ0) is 12.9. The Kier molecular flexibility index (Phi) is 29.5. The van der Waals surface area contributed by atoms with Gasteiger partial charge in [-0.15, -0.1) is 0 Å². The Morgan fingerprint density at radius 1 is 0.688 bits per heavy atom. The second kappa shape index (κ2) is 19.5. The van der Waals surface area contributed by atoms with Gasteiger partial charge in [-0.1, -0.05) is 0 Å². The summed E-state index contributed by atoms with van der Waals surface area (Å²) in [6, 6.07) is 0. The number of carbonyl (C=O) groups is 3. The van der Waals surface area contributed by atoms with E-state index in [1.807, 2.05) is 0 Å². The first-order valence-electron chi connectivity index (χ1n) is 3.57. The van der Waals surface area contributed by atoms with Gasteiger partial charge in [-0.25, -0.2) is 0 Å². The van der Waals surface area contributed by atoms with E-state index in [1.165, 1.54) is 0 Å². The predicted molar refractivity (Wildman–Crippen MR) is 50.1 cm³/mol. The molecule has 0 aliphatic heterocycles. The SMILES string of the molecule is NCC(=O)O.NCC(=O)O.NCC(=O)O.[Zn]. The predicted octanol–water partition coefficient (Wildman–Crippen LogP) is -2.91. The first-order valence-corrected chi connectivity index (χ1v) is 3.57. The van der Waals surface area contributed by atoms with E-state index in [-0.39, 0.29) is 39.1 Å². The molecule has 0 fully saturated rings. The van der Waals surface area contributed by atoms with Gasteiger partial charge in [0.25, 0.3) is 0 Å². The van der Waals surface area contributed by atoms with Crippen LogP contribution < -0.4 is 17.2 Å². The Morgan fingerprint density at radius 2 is 0.750 bits per heavy atom. The monoisotopic (exact) mass is 289 g/mol. The summed E-state index contributed by atoms with van der Waals surface area (Å²) >= 11 is 0. The number of carboxylic acids is 3. The number of carboxylic acid groups (broad SMARTS) is 3. The fourth-order valence-corrected chi connectivity index (χ4v) is 0. The first-order chi connectivity index (χ1) is 6.81. The number of hydrogen-bond donors (Lipinski definition) is 6. The molecule has 0 saturated heterocycles. The fraction of sp³-hybridized carbons (Fsp3) is 0.500. The molecule has 0 bridgehead atoms. The minimum atomic E-state index is -0.968. The molecule has 0 atom stereocenters. The molecule has 0 amide bonds.